The standard InChI is InChI=1S/C13H19NO2/c1-3-10-16-13(15)12-7-5-4-6-11(12)8-9-14-2/h4-7,14H,3,8-10H2,1-2H3. The minimum absolute atomic E-state index is 0.214. The summed E-state index contributed by atoms with van der Waals surface area (Å²) in [6.07, 6.45) is 1.69. The zero-order chi connectivity index (χ0) is 11.8. The maximum absolute atomic E-state index is 11.7. The Morgan fingerprint density at radius 1 is 1.38 bits per heavy atom. The minimum Gasteiger partial charge on any atom is -0.462 e. The van der Waals surface area contributed by atoms with Crippen molar-refractivity contribution >= 4 is 5.97 Å². The molecule has 0 aliphatic heterocycles. The number of ether oxygens (including phenoxy) is 1. The van der Waals surface area contributed by atoms with E-state index in [4.69, 9.17) is 4.74 Å². The lowest BCUT2D eigenvalue weighted by Gasteiger charge is -2.08. The first-order valence-electron chi connectivity index (χ1n) is 5.69. The van der Waals surface area contributed by atoms with Crippen LogP contribution in [0.1, 0.15) is 29.3 Å². The molecule has 0 aliphatic carbocycles. The number of carbonyl (C=O) groups is 1. The normalized spacial score (nSPS) is 10.1. The third kappa shape index (κ3) is 3.66. The van der Waals surface area contributed by atoms with Crippen LogP contribution in [0.5, 0.6) is 0 Å². The number of benzene rings is 1. The molecule has 88 valence electrons. The van der Waals surface area contributed by atoms with E-state index in [-0.39, 0.29) is 5.97 Å². The Morgan fingerprint density at radius 2 is 2.12 bits per heavy atom. The number of hydrogen-bond acceptors (Lipinski definition) is 3. The molecule has 0 bridgehead atoms. The summed E-state index contributed by atoms with van der Waals surface area (Å²) < 4.78 is 5.14. The van der Waals surface area contributed by atoms with E-state index in [9.17, 15) is 4.79 Å². The highest BCUT2D eigenvalue weighted by molar-refractivity contribution is 5.91. The fraction of sp³-hybridized carbons (Fsp3) is 0.462. The second kappa shape index (κ2) is 7.01. The largest absolute Gasteiger partial charge is 0.462 e. The van der Waals surface area contributed by atoms with Crippen LogP contribution in [0, 0.1) is 0 Å². The van der Waals surface area contributed by atoms with Gasteiger partial charge >= 0.3 is 5.97 Å². The highest BCUT2D eigenvalue weighted by Crippen LogP contribution is 2.11. The molecular formula is C13H19NO2. The first-order chi connectivity index (χ1) is 7.79. The molecule has 0 atom stereocenters. The topological polar surface area (TPSA) is 38.3 Å². The molecule has 1 N–H and O–H groups in total. The van der Waals surface area contributed by atoms with E-state index in [1.807, 2.05) is 38.2 Å². The van der Waals surface area contributed by atoms with Gasteiger partial charge in [0.2, 0.25) is 0 Å². The molecule has 0 amide bonds. The van der Waals surface area contributed by atoms with Crippen molar-refractivity contribution in [3.63, 3.8) is 0 Å². The lowest BCUT2D eigenvalue weighted by atomic mass is 10.0. The van der Waals surface area contributed by atoms with E-state index in [0.717, 1.165) is 24.9 Å². The maximum Gasteiger partial charge on any atom is 0.338 e. The summed E-state index contributed by atoms with van der Waals surface area (Å²) in [6, 6.07) is 7.61. The van der Waals surface area contributed by atoms with E-state index in [1.165, 1.54) is 0 Å². The van der Waals surface area contributed by atoms with Crippen molar-refractivity contribution in [2.75, 3.05) is 20.2 Å². The van der Waals surface area contributed by atoms with Gasteiger partial charge in [0.1, 0.15) is 0 Å². The zero-order valence-corrected chi connectivity index (χ0v) is 9.95. The van der Waals surface area contributed by atoms with Crippen LogP contribution in [0.3, 0.4) is 0 Å². The summed E-state index contributed by atoms with van der Waals surface area (Å²) in [6.45, 7) is 3.33. The van der Waals surface area contributed by atoms with E-state index < -0.39 is 0 Å². The Hall–Kier alpha value is -1.35. The molecule has 0 fully saturated rings. The highest BCUT2D eigenvalue weighted by Gasteiger charge is 2.10. The minimum atomic E-state index is -0.214. The average Bonchev–Trinajstić information content (AvgIpc) is 2.33. The number of hydrogen-bond donors (Lipinski definition) is 1. The molecule has 16 heavy (non-hydrogen) atoms. The van der Waals surface area contributed by atoms with Crippen LogP contribution in [0.2, 0.25) is 0 Å². The van der Waals surface area contributed by atoms with Crippen LogP contribution in [0.25, 0.3) is 0 Å². The first kappa shape index (κ1) is 12.7. The van der Waals surface area contributed by atoms with Gasteiger partial charge in [-0.3, -0.25) is 0 Å². The molecule has 0 saturated carbocycles. The fourth-order valence-corrected chi connectivity index (χ4v) is 1.47. The Balaban J connectivity index is 2.73. The van der Waals surface area contributed by atoms with Crippen molar-refractivity contribution in [3.8, 4) is 0 Å². The van der Waals surface area contributed by atoms with Crippen LogP contribution in [-0.4, -0.2) is 26.2 Å². The number of likely N-dealkylation sites (N-methyl/N-ethyl adjacent to an activating group) is 1. The summed E-state index contributed by atoms with van der Waals surface area (Å²) in [5, 5.41) is 3.07. The number of carbonyl (C=O) groups excluding carboxylic acids is 1. The molecule has 3 heteroatoms. The van der Waals surface area contributed by atoms with Crippen LogP contribution in [-0.2, 0) is 11.2 Å². The van der Waals surface area contributed by atoms with Crippen molar-refractivity contribution in [1.82, 2.24) is 5.32 Å². The Bertz CT molecular complexity index is 336. The predicted molar refractivity (Wildman–Crippen MR) is 64.6 cm³/mol. The van der Waals surface area contributed by atoms with Gasteiger partial charge in [0.05, 0.1) is 12.2 Å². The third-order valence-corrected chi connectivity index (χ3v) is 2.32. The summed E-state index contributed by atoms with van der Waals surface area (Å²) in [5.74, 6) is -0.214. The van der Waals surface area contributed by atoms with E-state index in [1.54, 1.807) is 0 Å². The second-order valence-corrected chi connectivity index (χ2v) is 3.65. The molecule has 0 aromatic heterocycles. The van der Waals surface area contributed by atoms with Gasteiger partial charge < -0.3 is 10.1 Å². The molecule has 0 aliphatic rings. The van der Waals surface area contributed by atoms with Crippen molar-refractivity contribution < 1.29 is 9.53 Å². The number of rotatable bonds is 6. The average molecular weight is 221 g/mol. The van der Waals surface area contributed by atoms with Crippen LogP contribution < -0.4 is 5.32 Å². The summed E-state index contributed by atoms with van der Waals surface area (Å²) in [5.41, 5.74) is 1.73. The Morgan fingerprint density at radius 3 is 2.81 bits per heavy atom. The van der Waals surface area contributed by atoms with E-state index in [2.05, 4.69) is 5.32 Å². The van der Waals surface area contributed by atoms with Crippen LogP contribution in [0.4, 0.5) is 0 Å². The monoisotopic (exact) mass is 221 g/mol. The zero-order valence-electron chi connectivity index (χ0n) is 9.95. The quantitative estimate of drug-likeness (QED) is 0.747. The second-order valence-electron chi connectivity index (χ2n) is 3.65. The summed E-state index contributed by atoms with van der Waals surface area (Å²) >= 11 is 0. The van der Waals surface area contributed by atoms with E-state index in [0.29, 0.717) is 12.2 Å². The first-order valence-corrected chi connectivity index (χ1v) is 5.69. The van der Waals surface area contributed by atoms with Crippen LogP contribution in [0.15, 0.2) is 24.3 Å². The van der Waals surface area contributed by atoms with Crippen molar-refractivity contribution in [2.24, 2.45) is 0 Å². The van der Waals surface area contributed by atoms with E-state index >= 15 is 0 Å². The van der Waals surface area contributed by atoms with Crippen molar-refractivity contribution in [3.05, 3.63) is 35.4 Å². The molecule has 0 spiro atoms. The smallest absolute Gasteiger partial charge is 0.338 e. The Kier molecular flexibility index (Phi) is 5.57. The SMILES string of the molecule is CCCOC(=O)c1ccccc1CCNC. The molecular weight excluding hydrogens is 202 g/mol. The van der Waals surface area contributed by atoms with Gasteiger partial charge in [-0.1, -0.05) is 25.1 Å². The van der Waals surface area contributed by atoms with Crippen molar-refractivity contribution in [2.45, 2.75) is 19.8 Å². The van der Waals surface area contributed by atoms with Gasteiger partial charge in [0.15, 0.2) is 0 Å². The van der Waals surface area contributed by atoms with Gasteiger partial charge in [0, 0.05) is 0 Å². The van der Waals surface area contributed by atoms with Crippen molar-refractivity contribution in [1.29, 1.82) is 0 Å². The molecule has 1 aromatic carbocycles. The van der Waals surface area contributed by atoms with Gasteiger partial charge in [-0.05, 0) is 38.1 Å². The van der Waals surface area contributed by atoms with Gasteiger partial charge in [-0.15, -0.1) is 0 Å². The molecule has 0 unspecified atom stereocenters. The summed E-state index contributed by atoms with van der Waals surface area (Å²) in [7, 11) is 1.90. The predicted octanol–water partition coefficient (Wildman–Crippen LogP) is 2.02. The molecule has 0 radical (unpaired) electrons. The molecule has 3 nitrogen and oxygen atoms in total. The Labute approximate surface area is 96.8 Å². The maximum atomic E-state index is 11.7. The lowest BCUT2D eigenvalue weighted by Crippen LogP contribution is -2.14. The molecule has 0 heterocycles. The molecule has 1 aromatic rings. The number of esters is 1. The summed E-state index contributed by atoms with van der Waals surface area (Å²) in [4.78, 5) is 11.7. The lowest BCUT2D eigenvalue weighted by molar-refractivity contribution is 0.0504. The molecule has 1 rings (SSSR count). The molecule has 0 saturated heterocycles. The van der Waals surface area contributed by atoms with Gasteiger partial charge in [-0.25, -0.2) is 4.79 Å². The third-order valence-electron chi connectivity index (χ3n) is 2.32. The van der Waals surface area contributed by atoms with Crippen LogP contribution >= 0.6 is 0 Å². The highest BCUT2D eigenvalue weighted by atomic mass is 16.5. The fourth-order valence-electron chi connectivity index (χ4n) is 1.47. The number of nitrogens with one attached hydrogen (secondary N) is 1. The van der Waals surface area contributed by atoms with Gasteiger partial charge in [0.25, 0.3) is 0 Å². The van der Waals surface area contributed by atoms with Gasteiger partial charge in [-0.2, -0.15) is 0 Å².